The smallest absolute Gasteiger partial charge is 0.223 e. The number of rotatable bonds is 6. The Bertz CT molecular complexity index is 291. The molecule has 2 heterocycles. The first-order valence-electron chi connectivity index (χ1n) is 7.99. The van der Waals surface area contributed by atoms with E-state index in [-0.39, 0.29) is 5.91 Å². The van der Waals surface area contributed by atoms with Gasteiger partial charge in [0.1, 0.15) is 0 Å². The van der Waals surface area contributed by atoms with Gasteiger partial charge in [0.25, 0.3) is 0 Å². The van der Waals surface area contributed by atoms with E-state index in [1.807, 2.05) is 18.7 Å². The van der Waals surface area contributed by atoms with Gasteiger partial charge < -0.3 is 15.1 Å². The van der Waals surface area contributed by atoms with Crippen molar-refractivity contribution in [3.05, 3.63) is 0 Å². The van der Waals surface area contributed by atoms with Gasteiger partial charge in [0.15, 0.2) is 0 Å². The van der Waals surface area contributed by atoms with Crippen LogP contribution in [0.3, 0.4) is 0 Å². The zero-order chi connectivity index (χ0) is 13.7. The third-order valence-electron chi connectivity index (χ3n) is 4.71. The molecular weight excluding hydrogens is 238 g/mol. The highest BCUT2D eigenvalue weighted by atomic mass is 16.2. The molecule has 0 aromatic carbocycles. The van der Waals surface area contributed by atoms with Crippen molar-refractivity contribution in [2.45, 2.75) is 58.0 Å². The molecule has 0 aliphatic carbocycles. The Morgan fingerprint density at radius 2 is 2.05 bits per heavy atom. The molecule has 0 spiro atoms. The predicted octanol–water partition coefficient (Wildman–Crippen LogP) is 1.46. The molecule has 110 valence electrons. The lowest BCUT2D eigenvalue weighted by atomic mass is 9.97. The Labute approximate surface area is 117 Å². The number of nitrogens with one attached hydrogen (secondary N) is 1. The third-order valence-corrected chi connectivity index (χ3v) is 4.71. The van der Waals surface area contributed by atoms with Gasteiger partial charge in [-0.2, -0.15) is 0 Å². The molecule has 0 radical (unpaired) electrons. The number of hydrogen-bond acceptors (Lipinski definition) is 3. The molecule has 2 fully saturated rings. The molecule has 2 aliphatic heterocycles. The van der Waals surface area contributed by atoms with E-state index in [2.05, 4.69) is 10.2 Å². The van der Waals surface area contributed by atoms with Crippen LogP contribution in [0.25, 0.3) is 0 Å². The lowest BCUT2D eigenvalue weighted by Gasteiger charge is -2.35. The van der Waals surface area contributed by atoms with E-state index >= 15 is 0 Å². The highest BCUT2D eigenvalue weighted by molar-refractivity contribution is 5.76. The van der Waals surface area contributed by atoms with Gasteiger partial charge in [-0.15, -0.1) is 0 Å². The third kappa shape index (κ3) is 3.93. The number of amides is 1. The van der Waals surface area contributed by atoms with E-state index < -0.39 is 0 Å². The predicted molar refractivity (Wildman–Crippen MR) is 78.2 cm³/mol. The number of piperidine rings is 1. The van der Waals surface area contributed by atoms with Crippen LogP contribution < -0.4 is 5.32 Å². The summed E-state index contributed by atoms with van der Waals surface area (Å²) in [6.07, 6.45) is 5.91. The zero-order valence-corrected chi connectivity index (χ0v) is 12.5. The van der Waals surface area contributed by atoms with Gasteiger partial charge in [0.05, 0.1) is 0 Å². The summed E-state index contributed by atoms with van der Waals surface area (Å²) in [5.74, 6) is 0.288. The quantitative estimate of drug-likeness (QED) is 0.791. The van der Waals surface area contributed by atoms with E-state index in [0.29, 0.717) is 12.5 Å². The van der Waals surface area contributed by atoms with Crippen LogP contribution in [0.5, 0.6) is 0 Å². The van der Waals surface area contributed by atoms with Gasteiger partial charge in [-0.05, 0) is 52.6 Å². The first kappa shape index (κ1) is 14.8. The highest BCUT2D eigenvalue weighted by Crippen LogP contribution is 2.26. The Morgan fingerprint density at radius 3 is 2.79 bits per heavy atom. The molecular formula is C15H29N3O. The van der Waals surface area contributed by atoms with Crippen molar-refractivity contribution in [3.63, 3.8) is 0 Å². The largest absolute Gasteiger partial charge is 0.343 e. The van der Waals surface area contributed by atoms with Crippen molar-refractivity contribution < 1.29 is 4.79 Å². The monoisotopic (exact) mass is 267 g/mol. The minimum atomic E-state index is 0.288. The van der Waals surface area contributed by atoms with Crippen LogP contribution in [-0.2, 0) is 4.79 Å². The van der Waals surface area contributed by atoms with E-state index in [1.165, 1.54) is 38.8 Å². The Hall–Kier alpha value is -0.610. The number of nitrogens with zero attached hydrogens (tertiary/aromatic N) is 2. The summed E-state index contributed by atoms with van der Waals surface area (Å²) < 4.78 is 0. The summed E-state index contributed by atoms with van der Waals surface area (Å²) in [5.41, 5.74) is 0. The first-order chi connectivity index (χ1) is 9.24. The van der Waals surface area contributed by atoms with E-state index in [0.717, 1.165) is 25.7 Å². The standard InChI is InChI=1S/C15H29N3O/c1-3-17(4-2)15(19)7-9-16-13-8-11-18-10-5-6-14(18)12-13/h13-14,16H,3-12H2,1-2H3. The van der Waals surface area contributed by atoms with Crippen molar-refractivity contribution in [3.8, 4) is 0 Å². The molecule has 2 aliphatic rings. The molecule has 19 heavy (non-hydrogen) atoms. The lowest BCUT2D eigenvalue weighted by molar-refractivity contribution is -0.130. The van der Waals surface area contributed by atoms with Gasteiger partial charge in [-0.25, -0.2) is 0 Å². The average molecular weight is 267 g/mol. The van der Waals surface area contributed by atoms with Crippen LogP contribution in [-0.4, -0.2) is 60.5 Å². The molecule has 1 amide bonds. The SMILES string of the molecule is CCN(CC)C(=O)CCNC1CCN2CCCC2C1. The second-order valence-corrected chi connectivity index (χ2v) is 5.82. The Morgan fingerprint density at radius 1 is 1.26 bits per heavy atom. The fraction of sp³-hybridized carbons (Fsp3) is 0.933. The molecule has 0 bridgehead atoms. The summed E-state index contributed by atoms with van der Waals surface area (Å²) in [5, 5.41) is 3.59. The fourth-order valence-corrected chi connectivity index (χ4v) is 3.53. The lowest BCUT2D eigenvalue weighted by Crippen LogP contribution is -2.46. The van der Waals surface area contributed by atoms with Crippen molar-refractivity contribution in [1.29, 1.82) is 0 Å². The van der Waals surface area contributed by atoms with Crippen LogP contribution in [0.15, 0.2) is 0 Å². The van der Waals surface area contributed by atoms with E-state index in [4.69, 9.17) is 0 Å². The van der Waals surface area contributed by atoms with Gasteiger partial charge >= 0.3 is 0 Å². The number of hydrogen-bond donors (Lipinski definition) is 1. The van der Waals surface area contributed by atoms with Crippen molar-refractivity contribution in [2.75, 3.05) is 32.7 Å². The molecule has 2 unspecified atom stereocenters. The minimum Gasteiger partial charge on any atom is -0.343 e. The molecule has 4 heteroatoms. The number of carbonyl (C=O) groups excluding carboxylic acids is 1. The molecule has 0 saturated carbocycles. The van der Waals surface area contributed by atoms with Crippen molar-refractivity contribution >= 4 is 5.91 Å². The van der Waals surface area contributed by atoms with Crippen LogP contribution in [0, 0.1) is 0 Å². The molecule has 2 rings (SSSR count). The average Bonchev–Trinajstić information content (AvgIpc) is 2.87. The van der Waals surface area contributed by atoms with Gasteiger partial charge in [0, 0.05) is 38.1 Å². The van der Waals surface area contributed by atoms with Crippen molar-refractivity contribution in [1.82, 2.24) is 15.1 Å². The number of carbonyl (C=O) groups is 1. The first-order valence-corrected chi connectivity index (χ1v) is 7.99. The summed E-state index contributed by atoms with van der Waals surface area (Å²) in [7, 11) is 0. The van der Waals surface area contributed by atoms with Crippen LogP contribution in [0.2, 0.25) is 0 Å². The Kier molecular flexibility index (Phi) is 5.64. The van der Waals surface area contributed by atoms with E-state index in [1.54, 1.807) is 0 Å². The summed E-state index contributed by atoms with van der Waals surface area (Å²) in [6.45, 7) is 9.14. The zero-order valence-electron chi connectivity index (χ0n) is 12.5. The Balaban J connectivity index is 1.64. The van der Waals surface area contributed by atoms with E-state index in [9.17, 15) is 4.79 Å². The fourth-order valence-electron chi connectivity index (χ4n) is 3.53. The molecule has 1 N–H and O–H groups in total. The van der Waals surface area contributed by atoms with Gasteiger partial charge in [-0.1, -0.05) is 0 Å². The second kappa shape index (κ2) is 7.25. The van der Waals surface area contributed by atoms with Crippen LogP contribution in [0.1, 0.15) is 46.0 Å². The maximum atomic E-state index is 11.9. The molecule has 0 aromatic heterocycles. The summed E-state index contributed by atoms with van der Waals surface area (Å²) in [4.78, 5) is 16.5. The normalized spacial score (nSPS) is 27.3. The van der Waals surface area contributed by atoms with Gasteiger partial charge in [-0.3, -0.25) is 4.79 Å². The topological polar surface area (TPSA) is 35.6 Å². The molecule has 0 aromatic rings. The second-order valence-electron chi connectivity index (χ2n) is 5.82. The molecule has 2 saturated heterocycles. The highest BCUT2D eigenvalue weighted by Gasteiger charge is 2.31. The molecule has 4 nitrogen and oxygen atoms in total. The van der Waals surface area contributed by atoms with Gasteiger partial charge in [0.2, 0.25) is 5.91 Å². The summed E-state index contributed by atoms with van der Waals surface area (Å²) >= 11 is 0. The maximum absolute atomic E-state index is 11.9. The van der Waals surface area contributed by atoms with Crippen LogP contribution in [0.4, 0.5) is 0 Å². The van der Waals surface area contributed by atoms with Crippen LogP contribution >= 0.6 is 0 Å². The molecule has 2 atom stereocenters. The minimum absolute atomic E-state index is 0.288. The van der Waals surface area contributed by atoms with Crippen molar-refractivity contribution in [2.24, 2.45) is 0 Å². The maximum Gasteiger partial charge on any atom is 0.223 e. The number of fused-ring (bicyclic) bond motifs is 1. The summed E-state index contributed by atoms with van der Waals surface area (Å²) in [6, 6.07) is 1.44.